The summed E-state index contributed by atoms with van der Waals surface area (Å²) >= 11 is 2.08. The van der Waals surface area contributed by atoms with Gasteiger partial charge in [0.15, 0.2) is 11.0 Å². The Bertz CT molecular complexity index is 1580. The van der Waals surface area contributed by atoms with E-state index in [4.69, 9.17) is 9.47 Å². The third kappa shape index (κ3) is 8.66. The van der Waals surface area contributed by atoms with E-state index in [1.54, 1.807) is 34.6 Å². The van der Waals surface area contributed by atoms with E-state index in [1.165, 1.54) is 18.2 Å². The number of thiophene rings is 1. The minimum Gasteiger partial charge on any atom is -0.462 e. The fourth-order valence-electron chi connectivity index (χ4n) is 4.15. The zero-order chi connectivity index (χ0) is 33.3. The number of thioether (sulfide) groups is 1. The van der Waals surface area contributed by atoms with Crippen molar-refractivity contribution in [3.63, 3.8) is 0 Å². The van der Waals surface area contributed by atoms with Crippen LogP contribution < -0.4 is 10.6 Å². The molecule has 45 heavy (non-hydrogen) atoms. The van der Waals surface area contributed by atoms with E-state index in [-0.39, 0.29) is 46.5 Å². The van der Waals surface area contributed by atoms with Crippen LogP contribution in [0.4, 0.5) is 10.7 Å². The van der Waals surface area contributed by atoms with Gasteiger partial charge in [0.25, 0.3) is 11.6 Å². The van der Waals surface area contributed by atoms with Crippen LogP contribution in [0.2, 0.25) is 0 Å². The van der Waals surface area contributed by atoms with Gasteiger partial charge in [-0.2, -0.15) is 0 Å². The first-order chi connectivity index (χ1) is 21.4. The number of unbranched alkanes of at least 4 members (excludes halogenated alkanes) is 1. The monoisotopic (exact) mass is 660 g/mol. The van der Waals surface area contributed by atoms with Crippen LogP contribution in [0, 0.1) is 24.0 Å². The molecular formula is C29H36N6O8S2. The number of nitro benzene ring substituents is 1. The van der Waals surface area contributed by atoms with Gasteiger partial charge in [0.1, 0.15) is 9.88 Å². The molecule has 1 unspecified atom stereocenters. The Labute approximate surface area is 268 Å². The summed E-state index contributed by atoms with van der Waals surface area (Å²) in [5.74, 6) is -1.76. The first kappa shape index (κ1) is 35.2. The van der Waals surface area contributed by atoms with Crippen LogP contribution in [0.25, 0.3) is 0 Å². The average Bonchev–Trinajstić information content (AvgIpc) is 3.53. The highest BCUT2D eigenvalue weighted by Gasteiger charge is 2.29. The Morgan fingerprint density at radius 2 is 1.78 bits per heavy atom. The Kier molecular flexibility index (Phi) is 12.6. The van der Waals surface area contributed by atoms with Crippen molar-refractivity contribution in [2.24, 2.45) is 0 Å². The van der Waals surface area contributed by atoms with Crippen molar-refractivity contribution in [2.45, 2.75) is 77.9 Å². The standard InChI is InChI=1S/C29H36N6O8S2/c1-7-10-13-34-21(15-30-25(37)19-12-11-16(4)20(14-19)35(40)41)32-33-29(34)44-18(6)24(36)31-26-22(27(38)42-8-2)17(5)23(45-26)28(39)43-9-3/h11-12,14,18H,7-10,13,15H2,1-6H3,(H,30,37)(H,31,36). The molecule has 2 heterocycles. The Morgan fingerprint density at radius 3 is 2.42 bits per heavy atom. The minimum absolute atomic E-state index is 0.00632. The molecule has 16 heteroatoms. The number of nitrogens with zero attached hydrogens (tertiary/aromatic N) is 4. The van der Waals surface area contributed by atoms with Crippen LogP contribution >= 0.6 is 23.1 Å². The number of nitrogens with one attached hydrogen (secondary N) is 2. The number of carbonyl (C=O) groups is 4. The maximum Gasteiger partial charge on any atom is 0.348 e. The Hall–Kier alpha value is -4.31. The number of aryl methyl sites for hydroxylation is 1. The number of nitro groups is 1. The van der Waals surface area contributed by atoms with Crippen LogP contribution in [-0.2, 0) is 27.4 Å². The van der Waals surface area contributed by atoms with Crippen LogP contribution in [0.1, 0.15) is 87.9 Å². The number of anilines is 1. The van der Waals surface area contributed by atoms with Gasteiger partial charge in [-0.3, -0.25) is 19.7 Å². The molecule has 242 valence electrons. The first-order valence-corrected chi connectivity index (χ1v) is 16.0. The summed E-state index contributed by atoms with van der Waals surface area (Å²) in [4.78, 5) is 62.2. The van der Waals surface area contributed by atoms with E-state index in [9.17, 15) is 29.3 Å². The lowest BCUT2D eigenvalue weighted by atomic mass is 10.1. The van der Waals surface area contributed by atoms with Crippen LogP contribution in [0.15, 0.2) is 23.4 Å². The summed E-state index contributed by atoms with van der Waals surface area (Å²) < 4.78 is 12.1. The van der Waals surface area contributed by atoms with Crippen molar-refractivity contribution in [1.82, 2.24) is 20.1 Å². The molecule has 3 rings (SSSR count). The Morgan fingerprint density at radius 1 is 1.09 bits per heavy atom. The van der Waals surface area contributed by atoms with Crippen molar-refractivity contribution in [1.29, 1.82) is 0 Å². The number of hydrogen-bond acceptors (Lipinski definition) is 12. The first-order valence-electron chi connectivity index (χ1n) is 14.3. The van der Waals surface area contributed by atoms with Crippen LogP contribution in [0.5, 0.6) is 0 Å². The number of hydrogen-bond donors (Lipinski definition) is 2. The second kappa shape index (κ2) is 16.1. The molecule has 1 atom stereocenters. The molecule has 0 aliphatic carbocycles. The van der Waals surface area contributed by atoms with Gasteiger partial charge in [-0.1, -0.05) is 31.2 Å². The summed E-state index contributed by atoms with van der Waals surface area (Å²) in [6.45, 7) is 11.0. The molecule has 0 aliphatic heterocycles. The highest BCUT2D eigenvalue weighted by Crippen LogP contribution is 2.35. The fourth-order valence-corrected chi connectivity index (χ4v) is 6.14. The lowest BCUT2D eigenvalue weighted by Gasteiger charge is -2.14. The number of ether oxygens (including phenoxy) is 2. The number of esters is 2. The number of carbonyl (C=O) groups excluding carboxylic acids is 4. The van der Waals surface area contributed by atoms with E-state index < -0.39 is 33.9 Å². The van der Waals surface area contributed by atoms with Gasteiger partial charge in [0.2, 0.25) is 5.91 Å². The summed E-state index contributed by atoms with van der Waals surface area (Å²) in [6, 6.07) is 4.26. The molecule has 2 aromatic heterocycles. The van der Waals surface area contributed by atoms with E-state index in [0.29, 0.717) is 28.7 Å². The molecule has 0 bridgehead atoms. The van der Waals surface area contributed by atoms with Gasteiger partial charge < -0.3 is 24.7 Å². The highest BCUT2D eigenvalue weighted by atomic mass is 32.2. The molecule has 0 fully saturated rings. The van der Waals surface area contributed by atoms with Gasteiger partial charge in [-0.15, -0.1) is 21.5 Å². The quantitative estimate of drug-likeness (QED) is 0.0960. The smallest absolute Gasteiger partial charge is 0.348 e. The Balaban J connectivity index is 1.78. The number of aromatic nitrogens is 3. The van der Waals surface area contributed by atoms with Crippen LogP contribution in [-0.4, -0.2) is 61.9 Å². The fraction of sp³-hybridized carbons (Fsp3) is 0.448. The van der Waals surface area contributed by atoms with E-state index >= 15 is 0 Å². The summed E-state index contributed by atoms with van der Waals surface area (Å²) in [6.07, 6.45) is 1.65. The van der Waals surface area contributed by atoms with Crippen molar-refractivity contribution in [3.05, 3.63) is 61.3 Å². The molecular weight excluding hydrogens is 624 g/mol. The van der Waals surface area contributed by atoms with Crippen LogP contribution in [0.3, 0.4) is 0 Å². The van der Waals surface area contributed by atoms with Crippen molar-refractivity contribution >= 4 is 57.5 Å². The van der Waals surface area contributed by atoms with Gasteiger partial charge in [0, 0.05) is 23.7 Å². The maximum absolute atomic E-state index is 13.3. The maximum atomic E-state index is 13.3. The minimum atomic E-state index is -0.700. The van der Waals surface area contributed by atoms with E-state index in [0.717, 1.165) is 35.9 Å². The van der Waals surface area contributed by atoms with Gasteiger partial charge in [-0.25, -0.2) is 9.59 Å². The molecule has 14 nitrogen and oxygen atoms in total. The van der Waals surface area contributed by atoms with Crippen molar-refractivity contribution in [2.75, 3.05) is 18.5 Å². The van der Waals surface area contributed by atoms with E-state index in [1.807, 2.05) is 11.5 Å². The second-order valence-corrected chi connectivity index (χ2v) is 12.1. The molecule has 0 saturated carbocycles. The normalized spacial score (nSPS) is 11.5. The third-order valence-corrected chi connectivity index (χ3v) is 8.85. The summed E-state index contributed by atoms with van der Waals surface area (Å²) in [5, 5.41) is 25.2. The molecule has 0 aliphatic rings. The molecule has 2 N–H and O–H groups in total. The number of amides is 2. The predicted octanol–water partition coefficient (Wildman–Crippen LogP) is 5.07. The summed E-state index contributed by atoms with van der Waals surface area (Å²) in [7, 11) is 0. The average molecular weight is 661 g/mol. The van der Waals surface area contributed by atoms with Crippen molar-refractivity contribution in [3.8, 4) is 0 Å². The SMILES string of the molecule is CCCCn1c(CNC(=O)c2ccc(C)c([N+](=O)[O-])c2)nnc1SC(C)C(=O)Nc1sc(C(=O)OCC)c(C)c1C(=O)OCC. The highest BCUT2D eigenvalue weighted by molar-refractivity contribution is 8.00. The van der Waals surface area contributed by atoms with Gasteiger partial charge >= 0.3 is 11.9 Å². The topological polar surface area (TPSA) is 185 Å². The molecule has 1 aromatic carbocycles. The predicted molar refractivity (Wildman–Crippen MR) is 169 cm³/mol. The largest absolute Gasteiger partial charge is 0.462 e. The van der Waals surface area contributed by atoms with Gasteiger partial charge in [0.05, 0.1) is 35.5 Å². The zero-order valence-electron chi connectivity index (χ0n) is 25.9. The van der Waals surface area contributed by atoms with E-state index in [2.05, 4.69) is 20.8 Å². The zero-order valence-corrected chi connectivity index (χ0v) is 27.6. The lowest BCUT2D eigenvalue weighted by Crippen LogP contribution is -2.25. The number of rotatable bonds is 15. The molecule has 0 spiro atoms. The second-order valence-electron chi connectivity index (χ2n) is 9.80. The molecule has 0 radical (unpaired) electrons. The van der Waals surface area contributed by atoms with Gasteiger partial charge in [-0.05, 0) is 52.7 Å². The number of benzene rings is 1. The van der Waals surface area contributed by atoms with Crippen molar-refractivity contribution < 1.29 is 33.6 Å². The molecule has 2 amide bonds. The lowest BCUT2D eigenvalue weighted by molar-refractivity contribution is -0.385. The summed E-state index contributed by atoms with van der Waals surface area (Å²) in [5.41, 5.74) is 0.895. The molecule has 0 saturated heterocycles. The third-order valence-electron chi connectivity index (χ3n) is 6.58. The molecule has 3 aromatic rings.